The predicted octanol–water partition coefficient (Wildman–Crippen LogP) is 0.923. The summed E-state index contributed by atoms with van der Waals surface area (Å²) in [5.74, 6) is 0. The van der Waals surface area contributed by atoms with Gasteiger partial charge in [0.1, 0.15) is 0 Å². The van der Waals surface area contributed by atoms with Gasteiger partial charge in [-0.05, 0) is 6.42 Å². The predicted molar refractivity (Wildman–Crippen MR) is 118 cm³/mol. The Kier molecular flexibility index (Phi) is 12.4. The fourth-order valence-electron chi connectivity index (χ4n) is 3.19. The zero-order chi connectivity index (χ0) is 19.8. The van der Waals surface area contributed by atoms with Gasteiger partial charge in [-0.2, -0.15) is 53.6 Å². The molecule has 30 heavy (non-hydrogen) atoms. The van der Waals surface area contributed by atoms with Crippen LogP contribution in [0.4, 0.5) is 0 Å². The molecule has 0 saturated heterocycles. The van der Waals surface area contributed by atoms with Gasteiger partial charge in [-0.3, -0.25) is 0 Å². The molecule has 4 aromatic rings. The molecule has 1 aliphatic rings. The number of fused-ring (bicyclic) bond motifs is 3. The van der Waals surface area contributed by atoms with Gasteiger partial charge in [0.05, 0.1) is 0 Å². The molecule has 0 saturated carbocycles. The molecule has 0 bridgehead atoms. The first-order valence-electron chi connectivity index (χ1n) is 9.52. The van der Waals surface area contributed by atoms with E-state index in [1.165, 1.54) is 33.4 Å². The molecule has 0 atom stereocenters. The van der Waals surface area contributed by atoms with E-state index in [1.807, 2.05) is 12.1 Å². The summed E-state index contributed by atoms with van der Waals surface area (Å²) in [5.41, 5.74) is 8.31. The van der Waals surface area contributed by atoms with Crippen molar-refractivity contribution < 1.29 is 48.1 Å². The molecule has 0 nitrogen and oxygen atoms in total. The van der Waals surface area contributed by atoms with E-state index in [0.717, 1.165) is 6.42 Å². The number of halogens is 2. The Hall–Kier alpha value is -1.31. The van der Waals surface area contributed by atoms with Crippen LogP contribution in [0.1, 0.15) is 11.1 Å². The third-order valence-electron chi connectivity index (χ3n) is 4.39. The van der Waals surface area contributed by atoms with Gasteiger partial charge in [0.25, 0.3) is 0 Å². The second kappa shape index (κ2) is 13.9. The van der Waals surface area contributed by atoms with Crippen molar-refractivity contribution in [3.05, 3.63) is 114 Å². The third kappa shape index (κ3) is 7.75. The molecule has 0 unspecified atom stereocenters. The van der Waals surface area contributed by atoms with E-state index >= 15 is 0 Å². The van der Waals surface area contributed by atoms with Crippen LogP contribution in [0.15, 0.2) is 97.1 Å². The van der Waals surface area contributed by atoms with Crippen molar-refractivity contribution in [1.82, 2.24) is 0 Å². The zero-order valence-corrected chi connectivity index (χ0v) is 22.2. The van der Waals surface area contributed by atoms with Crippen molar-refractivity contribution in [3.8, 4) is 22.3 Å². The van der Waals surface area contributed by atoms with E-state index in [9.17, 15) is 0 Å². The molecule has 0 heterocycles. The van der Waals surface area contributed by atoms with Crippen LogP contribution in [-0.4, -0.2) is 5.43 Å². The Bertz CT molecular complexity index is 980. The van der Waals surface area contributed by atoms with Crippen molar-refractivity contribution in [3.63, 3.8) is 0 Å². The largest absolute Gasteiger partial charge is 1.00 e. The first kappa shape index (κ1) is 26.7. The minimum Gasteiger partial charge on any atom is -1.00 e. The Morgan fingerprint density at radius 3 is 2.10 bits per heavy atom. The van der Waals surface area contributed by atoms with Gasteiger partial charge in [0.2, 0.25) is 0 Å². The molecule has 4 aromatic carbocycles. The van der Waals surface area contributed by atoms with E-state index in [1.54, 1.807) is 23.3 Å². The summed E-state index contributed by atoms with van der Waals surface area (Å²) in [6, 6.07) is 36.9. The standard InChI is InChI=1S/C13H9.C11H9.C2H6Si.2ClH.Zr/c1-3-7-12-10(5-1)9-11-6-2-4-8-13(11)12;1-2-6-10(7-3-1)11-8-4-5-9-11;1-3-2;;;/h1-5,7-8H,9H2;1-9H;1-2H3;2*1H;/q2*-1;;;;+2/p-2. The Balaban J connectivity index is 0.000000244. The molecule has 5 rings (SSSR count). The van der Waals surface area contributed by atoms with Crippen molar-refractivity contribution in [2.75, 3.05) is 0 Å². The second-order valence-corrected chi connectivity index (χ2v) is 16.3. The molecular formula is C26H24Cl2SiZr-2. The Morgan fingerprint density at radius 2 is 1.43 bits per heavy atom. The summed E-state index contributed by atoms with van der Waals surface area (Å²) < 4.78 is 0. The van der Waals surface area contributed by atoms with Crippen LogP contribution in [0, 0.1) is 6.07 Å². The molecule has 4 heteroatoms. The fourth-order valence-corrected chi connectivity index (χ4v) is 3.19. The summed E-state index contributed by atoms with van der Waals surface area (Å²) in [6.07, 6.45) is 1.05. The minimum atomic E-state index is 0. The fraction of sp³-hybridized carbons (Fsp3) is 0.115. The monoisotopic (exact) mass is 524 g/mol. The number of benzene rings is 3. The molecule has 0 N–H and O–H groups in total. The van der Waals surface area contributed by atoms with Crippen molar-refractivity contribution in [1.29, 1.82) is 0 Å². The average Bonchev–Trinajstić information content (AvgIpc) is 3.37. The van der Waals surface area contributed by atoms with Gasteiger partial charge in [-0.15, -0.1) is 5.56 Å². The van der Waals surface area contributed by atoms with E-state index in [4.69, 9.17) is 0 Å². The van der Waals surface area contributed by atoms with Crippen LogP contribution in [0.2, 0.25) is 13.1 Å². The molecule has 0 amide bonds. The number of hydrogen-bond donors (Lipinski definition) is 0. The van der Waals surface area contributed by atoms with Gasteiger partial charge in [0.15, 0.2) is 0 Å². The van der Waals surface area contributed by atoms with Crippen LogP contribution < -0.4 is 24.8 Å². The summed E-state index contributed by atoms with van der Waals surface area (Å²) in [4.78, 5) is 0. The Morgan fingerprint density at radius 1 is 0.800 bits per heavy atom. The summed E-state index contributed by atoms with van der Waals surface area (Å²) in [5, 5.41) is 0. The minimum absolute atomic E-state index is 0. The molecule has 0 aliphatic heterocycles. The number of rotatable bonds is 1. The van der Waals surface area contributed by atoms with Gasteiger partial charge < -0.3 is 24.8 Å². The summed E-state index contributed by atoms with van der Waals surface area (Å²) in [7, 11) is 0. The SMILES string of the molecule is C[Si](C)=[Zr+2].[Cl-].[Cl-].[c-]1cccc2c1Cc1ccccc1-2.c1ccc(-c2cc[cH-]c2)cc1. The average molecular weight is 527 g/mol. The first-order chi connectivity index (χ1) is 13.6. The van der Waals surface area contributed by atoms with Gasteiger partial charge in [0, 0.05) is 0 Å². The maximum Gasteiger partial charge on any atom is -0.0253 e. The maximum atomic E-state index is 3.30. The normalized spacial score (nSPS) is 9.87. The quantitative estimate of drug-likeness (QED) is 0.225. The van der Waals surface area contributed by atoms with Crippen LogP contribution in [-0.2, 0) is 29.8 Å². The van der Waals surface area contributed by atoms with Gasteiger partial charge in [-0.25, -0.2) is 6.07 Å². The van der Waals surface area contributed by atoms with Crippen LogP contribution in [0.5, 0.6) is 0 Å². The third-order valence-corrected chi connectivity index (χ3v) is 4.39. The van der Waals surface area contributed by atoms with E-state index in [0.29, 0.717) is 0 Å². The maximum absolute atomic E-state index is 3.30. The van der Waals surface area contributed by atoms with Crippen LogP contribution in [0.25, 0.3) is 22.3 Å². The Labute approximate surface area is 208 Å². The van der Waals surface area contributed by atoms with Gasteiger partial charge in [-0.1, -0.05) is 71.3 Å². The van der Waals surface area contributed by atoms with E-state index < -0.39 is 0 Å². The van der Waals surface area contributed by atoms with Crippen molar-refractivity contribution in [2.45, 2.75) is 19.5 Å². The van der Waals surface area contributed by atoms with E-state index in [-0.39, 0.29) is 30.2 Å². The molecular weight excluding hydrogens is 503 g/mol. The zero-order valence-electron chi connectivity index (χ0n) is 17.2. The summed E-state index contributed by atoms with van der Waals surface area (Å²) in [6.45, 7) is 4.62. The molecule has 0 fully saturated rings. The second-order valence-electron chi connectivity index (χ2n) is 6.94. The smallest absolute Gasteiger partial charge is 0.0253 e. The molecule has 152 valence electrons. The molecule has 0 radical (unpaired) electrons. The van der Waals surface area contributed by atoms with Crippen molar-refractivity contribution >= 4 is 5.43 Å². The topological polar surface area (TPSA) is 0 Å². The molecule has 1 aliphatic carbocycles. The summed E-state index contributed by atoms with van der Waals surface area (Å²) >= 11 is 1.74. The van der Waals surface area contributed by atoms with Crippen LogP contribution >= 0.6 is 0 Å². The first-order valence-corrected chi connectivity index (χ1v) is 15.7. The van der Waals surface area contributed by atoms with Gasteiger partial charge >= 0.3 is 41.9 Å². The van der Waals surface area contributed by atoms with Crippen LogP contribution in [0.3, 0.4) is 0 Å². The molecule has 0 aromatic heterocycles. The van der Waals surface area contributed by atoms with E-state index in [2.05, 4.69) is 104 Å². The number of hydrogen-bond acceptors (Lipinski definition) is 0. The van der Waals surface area contributed by atoms with Crippen molar-refractivity contribution in [2.24, 2.45) is 0 Å². The molecule has 0 spiro atoms.